The summed E-state index contributed by atoms with van der Waals surface area (Å²) < 4.78 is 19.4. The number of benzene rings is 2. The van der Waals surface area contributed by atoms with Gasteiger partial charge in [0.05, 0.1) is 7.11 Å². The Hall–Kier alpha value is -0.870. The van der Waals surface area contributed by atoms with Gasteiger partial charge in [0.15, 0.2) is 0 Å². The van der Waals surface area contributed by atoms with E-state index in [4.69, 9.17) is 4.74 Å². The molecule has 1 atom stereocenters. The van der Waals surface area contributed by atoms with Crippen molar-refractivity contribution in [3.05, 3.63) is 63.4 Å². The van der Waals surface area contributed by atoms with Crippen molar-refractivity contribution in [2.24, 2.45) is 0 Å². The molecule has 1 unspecified atom stereocenters. The van der Waals surface area contributed by atoms with Gasteiger partial charge >= 0.3 is 0 Å². The molecule has 20 heavy (non-hydrogen) atoms. The van der Waals surface area contributed by atoms with Gasteiger partial charge in [0.25, 0.3) is 0 Å². The topological polar surface area (TPSA) is 9.23 Å². The number of hydrogen-bond donors (Lipinski definition) is 0. The highest BCUT2D eigenvalue weighted by atomic mass is 79.9. The summed E-state index contributed by atoms with van der Waals surface area (Å²) in [5, 5.41) is 0. The van der Waals surface area contributed by atoms with E-state index in [2.05, 4.69) is 37.9 Å². The standard InChI is InChI=1S/C16H15Br2FO/c1-10-7-16(20-2)13(9-14(10)17)15(18)8-11-3-5-12(19)6-4-11/h3-7,9,15H,8H2,1-2H3. The molecule has 106 valence electrons. The second-order valence-corrected chi connectivity index (χ2v) is 6.60. The molecule has 4 heteroatoms. The Labute approximate surface area is 135 Å². The van der Waals surface area contributed by atoms with Crippen molar-refractivity contribution in [2.45, 2.75) is 18.2 Å². The van der Waals surface area contributed by atoms with Gasteiger partial charge < -0.3 is 4.74 Å². The lowest BCUT2D eigenvalue weighted by Gasteiger charge is -2.16. The zero-order valence-electron chi connectivity index (χ0n) is 11.3. The molecule has 0 aliphatic rings. The zero-order valence-corrected chi connectivity index (χ0v) is 14.5. The fraction of sp³-hybridized carbons (Fsp3) is 0.250. The molecule has 0 saturated carbocycles. The number of ether oxygens (including phenoxy) is 1. The van der Waals surface area contributed by atoms with E-state index >= 15 is 0 Å². The molecule has 0 bridgehead atoms. The Morgan fingerprint density at radius 1 is 1.20 bits per heavy atom. The van der Waals surface area contributed by atoms with Gasteiger partial charge in [-0.25, -0.2) is 4.39 Å². The first-order valence-corrected chi connectivity index (χ1v) is 7.94. The summed E-state index contributed by atoms with van der Waals surface area (Å²) >= 11 is 7.24. The highest BCUT2D eigenvalue weighted by Crippen LogP contribution is 2.37. The Bertz CT molecular complexity index is 596. The summed E-state index contributed by atoms with van der Waals surface area (Å²) in [6, 6.07) is 10.7. The maximum atomic E-state index is 12.9. The van der Waals surface area contributed by atoms with Gasteiger partial charge in [-0.1, -0.05) is 44.0 Å². The first-order valence-electron chi connectivity index (χ1n) is 6.24. The number of aryl methyl sites for hydroxylation is 1. The van der Waals surface area contributed by atoms with Crippen LogP contribution in [-0.4, -0.2) is 7.11 Å². The van der Waals surface area contributed by atoms with E-state index in [1.54, 1.807) is 19.2 Å². The van der Waals surface area contributed by atoms with Crippen LogP contribution in [-0.2, 0) is 6.42 Å². The van der Waals surface area contributed by atoms with E-state index in [0.29, 0.717) is 0 Å². The van der Waals surface area contributed by atoms with E-state index in [1.807, 2.05) is 13.0 Å². The molecule has 0 fully saturated rings. The molecule has 2 rings (SSSR count). The monoisotopic (exact) mass is 400 g/mol. The zero-order chi connectivity index (χ0) is 14.7. The third kappa shape index (κ3) is 3.61. The number of hydrogen-bond acceptors (Lipinski definition) is 1. The highest BCUT2D eigenvalue weighted by molar-refractivity contribution is 9.10. The molecule has 1 nitrogen and oxygen atoms in total. The van der Waals surface area contributed by atoms with E-state index in [-0.39, 0.29) is 10.6 Å². The van der Waals surface area contributed by atoms with Gasteiger partial charge in [0.2, 0.25) is 0 Å². The molecule has 0 N–H and O–H groups in total. The number of halogens is 3. The Morgan fingerprint density at radius 3 is 2.45 bits per heavy atom. The lowest BCUT2D eigenvalue weighted by atomic mass is 10.0. The summed E-state index contributed by atoms with van der Waals surface area (Å²) in [6.45, 7) is 2.03. The Kier molecular flexibility index (Phi) is 5.22. The van der Waals surface area contributed by atoms with Crippen molar-refractivity contribution >= 4 is 31.9 Å². The lowest BCUT2D eigenvalue weighted by molar-refractivity contribution is 0.409. The second kappa shape index (κ2) is 6.72. The molecular formula is C16H15Br2FO. The van der Waals surface area contributed by atoms with Gasteiger partial charge in [-0.2, -0.15) is 0 Å². The van der Waals surface area contributed by atoms with Gasteiger partial charge in [-0.3, -0.25) is 0 Å². The van der Waals surface area contributed by atoms with Gasteiger partial charge in [-0.05, 0) is 48.7 Å². The van der Waals surface area contributed by atoms with E-state index in [9.17, 15) is 4.39 Å². The average molecular weight is 402 g/mol. The van der Waals surface area contributed by atoms with Crippen LogP contribution in [0, 0.1) is 12.7 Å². The van der Waals surface area contributed by atoms with Crippen molar-refractivity contribution in [1.82, 2.24) is 0 Å². The molecule has 0 spiro atoms. The molecule has 0 saturated heterocycles. The van der Waals surface area contributed by atoms with Crippen molar-refractivity contribution in [1.29, 1.82) is 0 Å². The van der Waals surface area contributed by atoms with E-state index in [0.717, 1.165) is 33.3 Å². The van der Waals surface area contributed by atoms with Crippen LogP contribution in [0.5, 0.6) is 5.75 Å². The van der Waals surface area contributed by atoms with Crippen LogP contribution in [0.25, 0.3) is 0 Å². The number of rotatable bonds is 4. The van der Waals surface area contributed by atoms with Crippen LogP contribution in [0.3, 0.4) is 0 Å². The van der Waals surface area contributed by atoms with Crippen molar-refractivity contribution < 1.29 is 9.13 Å². The third-order valence-corrected chi connectivity index (χ3v) is 4.85. The quantitative estimate of drug-likeness (QED) is 0.607. The molecule has 0 heterocycles. The first kappa shape index (κ1) is 15.5. The second-order valence-electron chi connectivity index (χ2n) is 4.64. The van der Waals surface area contributed by atoms with Crippen LogP contribution < -0.4 is 4.74 Å². The molecule has 2 aromatic carbocycles. The maximum absolute atomic E-state index is 12.9. The number of methoxy groups -OCH3 is 1. The largest absolute Gasteiger partial charge is 0.496 e. The van der Waals surface area contributed by atoms with Crippen molar-refractivity contribution in [2.75, 3.05) is 7.11 Å². The van der Waals surface area contributed by atoms with Crippen LogP contribution in [0.15, 0.2) is 40.9 Å². The molecule has 0 aliphatic carbocycles. The summed E-state index contributed by atoms with van der Waals surface area (Å²) in [5.41, 5.74) is 3.29. The normalized spacial score (nSPS) is 12.2. The fourth-order valence-electron chi connectivity index (χ4n) is 2.03. The highest BCUT2D eigenvalue weighted by Gasteiger charge is 2.15. The minimum atomic E-state index is -0.212. The van der Waals surface area contributed by atoms with Crippen LogP contribution in [0.1, 0.15) is 21.5 Å². The summed E-state index contributed by atoms with van der Waals surface area (Å²) in [7, 11) is 1.67. The lowest BCUT2D eigenvalue weighted by Crippen LogP contribution is -2.00. The predicted octanol–water partition coefficient (Wildman–Crippen LogP) is 5.58. The van der Waals surface area contributed by atoms with E-state index < -0.39 is 0 Å². The molecule has 2 aromatic rings. The summed E-state index contributed by atoms with van der Waals surface area (Å²) in [5.74, 6) is 0.644. The van der Waals surface area contributed by atoms with E-state index in [1.165, 1.54) is 12.1 Å². The molecule has 0 aliphatic heterocycles. The van der Waals surface area contributed by atoms with Gasteiger partial charge in [0, 0.05) is 14.9 Å². The van der Waals surface area contributed by atoms with Crippen LogP contribution in [0.2, 0.25) is 0 Å². The Morgan fingerprint density at radius 2 is 1.85 bits per heavy atom. The van der Waals surface area contributed by atoms with Crippen molar-refractivity contribution in [3.63, 3.8) is 0 Å². The predicted molar refractivity (Wildman–Crippen MR) is 87.2 cm³/mol. The van der Waals surface area contributed by atoms with Gasteiger partial charge in [-0.15, -0.1) is 0 Å². The minimum absolute atomic E-state index is 0.111. The number of alkyl halides is 1. The average Bonchev–Trinajstić information content (AvgIpc) is 2.43. The Balaban J connectivity index is 2.26. The summed E-state index contributed by atoms with van der Waals surface area (Å²) in [4.78, 5) is 0.111. The fourth-order valence-corrected chi connectivity index (χ4v) is 3.12. The minimum Gasteiger partial charge on any atom is -0.496 e. The smallest absolute Gasteiger partial charge is 0.123 e. The maximum Gasteiger partial charge on any atom is 0.123 e. The third-order valence-electron chi connectivity index (χ3n) is 3.18. The molecule has 0 radical (unpaired) electrons. The van der Waals surface area contributed by atoms with Crippen LogP contribution in [0.4, 0.5) is 4.39 Å². The van der Waals surface area contributed by atoms with Gasteiger partial charge in [0.1, 0.15) is 11.6 Å². The van der Waals surface area contributed by atoms with Crippen molar-refractivity contribution in [3.8, 4) is 5.75 Å². The van der Waals surface area contributed by atoms with Crippen LogP contribution >= 0.6 is 31.9 Å². The summed E-state index contributed by atoms with van der Waals surface area (Å²) in [6.07, 6.45) is 0.770. The molecular weight excluding hydrogens is 387 g/mol. The first-order chi connectivity index (χ1) is 9.51. The molecule has 0 aromatic heterocycles. The SMILES string of the molecule is COc1cc(C)c(Br)cc1C(Br)Cc1ccc(F)cc1. The molecule has 0 amide bonds.